The van der Waals surface area contributed by atoms with Gasteiger partial charge in [0, 0.05) is 11.6 Å². The number of anilines is 2. The van der Waals surface area contributed by atoms with Gasteiger partial charge in [0.1, 0.15) is 11.6 Å². The summed E-state index contributed by atoms with van der Waals surface area (Å²) in [6, 6.07) is 26.0. The van der Waals surface area contributed by atoms with E-state index < -0.39 is 0 Å². The van der Waals surface area contributed by atoms with Gasteiger partial charge in [0.2, 0.25) is 0 Å². The minimum absolute atomic E-state index is 0.449. The summed E-state index contributed by atoms with van der Waals surface area (Å²) in [6.07, 6.45) is 7.66. The first-order valence-corrected chi connectivity index (χ1v) is 13.0. The van der Waals surface area contributed by atoms with Crippen molar-refractivity contribution in [2.24, 2.45) is 0 Å². The molecule has 2 aromatic heterocycles. The van der Waals surface area contributed by atoms with Crippen LogP contribution in [-0.4, -0.2) is 9.97 Å². The molecule has 0 aliphatic heterocycles. The monoisotopic (exact) mass is 472 g/mol. The molecule has 0 fully saturated rings. The van der Waals surface area contributed by atoms with Gasteiger partial charge < -0.3 is 0 Å². The normalized spacial score (nSPS) is 16.5. The maximum absolute atomic E-state index is 4.99. The summed E-state index contributed by atoms with van der Waals surface area (Å²) < 4.78 is 0. The van der Waals surface area contributed by atoms with Crippen LogP contribution in [0.25, 0.3) is 11.6 Å². The second kappa shape index (κ2) is 9.62. The van der Waals surface area contributed by atoms with Crippen LogP contribution in [0.2, 0.25) is 0 Å². The van der Waals surface area contributed by atoms with E-state index in [0.29, 0.717) is 5.92 Å². The highest BCUT2D eigenvalue weighted by Crippen LogP contribution is 2.33. The number of benzene rings is 2. The zero-order valence-corrected chi connectivity index (χ0v) is 21.0. The van der Waals surface area contributed by atoms with Crippen molar-refractivity contribution in [2.45, 2.75) is 51.9 Å². The first-order chi connectivity index (χ1) is 17.6. The van der Waals surface area contributed by atoms with Gasteiger partial charge in [-0.25, -0.2) is 9.97 Å². The molecule has 0 spiro atoms. The van der Waals surface area contributed by atoms with Crippen molar-refractivity contribution >= 4 is 23.3 Å². The van der Waals surface area contributed by atoms with Gasteiger partial charge >= 0.3 is 0 Å². The highest BCUT2D eigenvalue weighted by atomic mass is 15.4. The predicted octanol–water partition coefficient (Wildman–Crippen LogP) is 7.29. The van der Waals surface area contributed by atoms with Crippen LogP contribution in [0.3, 0.4) is 0 Å². The predicted molar refractivity (Wildman–Crippen MR) is 149 cm³/mol. The molecule has 1 unspecified atom stereocenters. The number of rotatable bonds is 5. The minimum atomic E-state index is 0.449. The number of nitrogens with one attached hydrogen (secondary N) is 2. The highest BCUT2D eigenvalue weighted by molar-refractivity contribution is 5.83. The van der Waals surface area contributed by atoms with Crippen molar-refractivity contribution in [3.63, 3.8) is 0 Å². The van der Waals surface area contributed by atoms with Crippen molar-refractivity contribution < 1.29 is 0 Å². The Morgan fingerprint density at radius 1 is 0.694 bits per heavy atom. The Bertz CT molecular complexity index is 1450. The zero-order chi connectivity index (χ0) is 24.5. The Kier molecular flexibility index (Phi) is 6.02. The molecule has 4 heteroatoms. The lowest BCUT2D eigenvalue weighted by Crippen LogP contribution is -2.16. The Hall–Kier alpha value is -3.92. The number of hydrogen-bond acceptors (Lipinski definition) is 4. The molecule has 0 saturated carbocycles. The first-order valence-electron chi connectivity index (χ1n) is 13.0. The van der Waals surface area contributed by atoms with E-state index in [0.717, 1.165) is 55.1 Å². The van der Waals surface area contributed by atoms with Crippen LogP contribution in [0.1, 0.15) is 63.5 Å². The molecule has 0 radical (unpaired) electrons. The van der Waals surface area contributed by atoms with Gasteiger partial charge in [-0.15, -0.1) is 0 Å². The van der Waals surface area contributed by atoms with Gasteiger partial charge in [-0.2, -0.15) is 0 Å². The summed E-state index contributed by atoms with van der Waals surface area (Å²) >= 11 is 0. The summed E-state index contributed by atoms with van der Waals surface area (Å²) in [4.78, 5) is 9.93. The molecular formula is C32H32N4. The van der Waals surface area contributed by atoms with Gasteiger partial charge in [-0.1, -0.05) is 48.5 Å². The molecule has 6 rings (SSSR count). The molecule has 2 aliphatic rings. The molecule has 1 atom stereocenters. The molecule has 4 nitrogen and oxygen atoms in total. The van der Waals surface area contributed by atoms with E-state index >= 15 is 0 Å². The van der Waals surface area contributed by atoms with Crippen LogP contribution in [0.15, 0.2) is 72.8 Å². The van der Waals surface area contributed by atoms with Crippen molar-refractivity contribution in [1.82, 2.24) is 9.97 Å². The fraction of sp³-hybridized carbons (Fsp3) is 0.250. The number of allylic oxidation sites excluding steroid dienone is 1. The highest BCUT2D eigenvalue weighted by Gasteiger charge is 2.21. The van der Waals surface area contributed by atoms with Gasteiger partial charge in [0.25, 0.3) is 0 Å². The lowest BCUT2D eigenvalue weighted by atomic mass is 9.82. The third-order valence-corrected chi connectivity index (χ3v) is 7.42. The Labute approximate surface area is 213 Å². The molecule has 2 aliphatic carbocycles. The van der Waals surface area contributed by atoms with Crippen molar-refractivity contribution in [2.75, 3.05) is 10.9 Å². The zero-order valence-electron chi connectivity index (χ0n) is 21.0. The summed E-state index contributed by atoms with van der Waals surface area (Å²) in [6.45, 7) is 4.27. The van der Waals surface area contributed by atoms with Gasteiger partial charge in [-0.3, -0.25) is 10.9 Å². The van der Waals surface area contributed by atoms with E-state index in [4.69, 9.17) is 9.97 Å². The van der Waals surface area contributed by atoms with Crippen LogP contribution in [0, 0.1) is 13.8 Å². The molecule has 0 saturated heterocycles. The van der Waals surface area contributed by atoms with E-state index in [1.165, 1.54) is 39.0 Å². The lowest BCUT2D eigenvalue weighted by molar-refractivity contribution is 0.571. The van der Waals surface area contributed by atoms with E-state index in [2.05, 4.69) is 104 Å². The number of hydrogen-bond donors (Lipinski definition) is 2. The number of pyridine rings is 2. The van der Waals surface area contributed by atoms with E-state index in [-0.39, 0.29) is 0 Å². The quantitative estimate of drug-likeness (QED) is 0.299. The maximum Gasteiger partial charge on any atom is 0.145 e. The Morgan fingerprint density at radius 2 is 1.39 bits per heavy atom. The Balaban J connectivity index is 1.20. The first kappa shape index (κ1) is 22.5. The molecule has 4 aromatic rings. The summed E-state index contributed by atoms with van der Waals surface area (Å²) in [7, 11) is 0. The van der Waals surface area contributed by atoms with Crippen molar-refractivity contribution in [1.29, 1.82) is 0 Å². The van der Waals surface area contributed by atoms with Gasteiger partial charge in [-0.05, 0) is 115 Å². The SMILES string of the molecule is Cc1cc(NNc2cc(C)cc(C3CCc4ccccc4C3)n2)nc(C2=Cc3ccccc3CC2)c1. The molecule has 0 amide bonds. The topological polar surface area (TPSA) is 49.8 Å². The number of hydrazine groups is 1. The summed E-state index contributed by atoms with van der Waals surface area (Å²) in [5, 5.41) is 0. The van der Waals surface area contributed by atoms with Crippen molar-refractivity contribution in [3.8, 4) is 0 Å². The number of fused-ring (bicyclic) bond motifs is 2. The standard InChI is InChI=1S/C32H32N4/c1-21-15-29(27-13-11-23-7-3-5-9-25(23)19-27)33-31(17-21)35-36-32-18-22(2)16-30(34-32)28-14-12-24-8-4-6-10-26(24)20-28/h3-10,15-19,28H,11-14,20H2,1-2H3,(H,33,35)(H,34,36). The van der Waals surface area contributed by atoms with E-state index in [9.17, 15) is 0 Å². The lowest BCUT2D eigenvalue weighted by Gasteiger charge is -2.25. The van der Waals surface area contributed by atoms with Gasteiger partial charge in [0.05, 0.1) is 5.69 Å². The molecule has 180 valence electrons. The largest absolute Gasteiger partial charge is 0.283 e. The molecule has 2 N–H and O–H groups in total. The average molecular weight is 473 g/mol. The van der Waals surface area contributed by atoms with Crippen LogP contribution in [0.4, 0.5) is 11.6 Å². The number of nitrogens with zero attached hydrogens (tertiary/aromatic N) is 2. The Morgan fingerprint density at radius 3 is 2.22 bits per heavy atom. The minimum Gasteiger partial charge on any atom is -0.283 e. The second-order valence-corrected chi connectivity index (χ2v) is 10.2. The molecule has 36 heavy (non-hydrogen) atoms. The van der Waals surface area contributed by atoms with Crippen molar-refractivity contribution in [3.05, 3.63) is 118 Å². The fourth-order valence-corrected chi connectivity index (χ4v) is 5.58. The molecular weight excluding hydrogens is 440 g/mol. The third-order valence-electron chi connectivity index (χ3n) is 7.42. The van der Waals surface area contributed by atoms with Crippen LogP contribution in [0.5, 0.6) is 0 Å². The fourth-order valence-electron chi connectivity index (χ4n) is 5.58. The number of aromatic nitrogens is 2. The van der Waals surface area contributed by atoms with E-state index in [1.54, 1.807) is 0 Å². The average Bonchev–Trinajstić information content (AvgIpc) is 2.91. The van der Waals surface area contributed by atoms with E-state index in [1.807, 2.05) is 0 Å². The molecule has 0 bridgehead atoms. The number of aryl methyl sites for hydroxylation is 4. The smallest absolute Gasteiger partial charge is 0.145 e. The van der Waals surface area contributed by atoms with Crippen LogP contribution >= 0.6 is 0 Å². The summed E-state index contributed by atoms with van der Waals surface area (Å²) in [5.74, 6) is 2.09. The van der Waals surface area contributed by atoms with Crippen LogP contribution < -0.4 is 10.9 Å². The van der Waals surface area contributed by atoms with Gasteiger partial charge in [0.15, 0.2) is 0 Å². The maximum atomic E-state index is 4.99. The molecule has 2 heterocycles. The summed E-state index contributed by atoms with van der Waals surface area (Å²) in [5.41, 5.74) is 18.2. The van der Waals surface area contributed by atoms with Crippen LogP contribution in [-0.2, 0) is 19.3 Å². The molecule has 2 aromatic carbocycles. The third kappa shape index (κ3) is 4.76. The second-order valence-electron chi connectivity index (χ2n) is 10.2.